The molecule has 0 fully saturated rings. The molecule has 0 saturated carbocycles. The van der Waals surface area contributed by atoms with E-state index in [0.717, 1.165) is 22.7 Å². The predicted octanol–water partition coefficient (Wildman–Crippen LogP) is 2.49. The third-order valence-corrected chi connectivity index (χ3v) is 2.15. The summed E-state index contributed by atoms with van der Waals surface area (Å²) in [4.78, 5) is 10.2. The van der Waals surface area contributed by atoms with Crippen molar-refractivity contribution in [2.24, 2.45) is 0 Å². The van der Waals surface area contributed by atoms with Crippen LogP contribution in [-0.2, 0) is 4.79 Å². The zero-order chi connectivity index (χ0) is 11.4. The van der Waals surface area contributed by atoms with Crippen molar-refractivity contribution in [1.29, 1.82) is 0 Å². The Balaban J connectivity index is 2.07. The lowest BCUT2D eigenvalue weighted by molar-refractivity contribution is -0.131. The Hall–Kier alpha value is -2.23. The van der Waals surface area contributed by atoms with E-state index in [-0.39, 0.29) is 0 Å². The van der Waals surface area contributed by atoms with E-state index in [1.54, 1.807) is 12.3 Å². The second-order valence-corrected chi connectivity index (χ2v) is 3.27. The molecule has 0 atom stereocenters. The molecule has 0 aliphatic heterocycles. The number of anilines is 1. The molecule has 0 aliphatic carbocycles. The van der Waals surface area contributed by atoms with Crippen LogP contribution in [0.3, 0.4) is 0 Å². The van der Waals surface area contributed by atoms with Gasteiger partial charge in [0.05, 0.1) is 5.69 Å². The fraction of sp³-hybridized carbons (Fsp3) is 0.0833. The normalized spacial score (nSPS) is 11.0. The number of hydrogen-bond acceptors (Lipinski definition) is 3. The Morgan fingerprint density at radius 2 is 2.25 bits per heavy atom. The van der Waals surface area contributed by atoms with Crippen LogP contribution in [0.4, 0.5) is 5.69 Å². The Bertz CT molecular complexity index is 528. The van der Waals surface area contributed by atoms with E-state index in [4.69, 9.17) is 9.52 Å². The largest absolute Gasteiger partial charge is 0.478 e. The van der Waals surface area contributed by atoms with Crippen molar-refractivity contribution in [1.82, 2.24) is 0 Å². The van der Waals surface area contributed by atoms with Gasteiger partial charge in [-0.2, -0.15) is 0 Å². The zero-order valence-electron chi connectivity index (χ0n) is 8.51. The van der Waals surface area contributed by atoms with E-state index in [0.29, 0.717) is 6.54 Å². The molecule has 82 valence electrons. The van der Waals surface area contributed by atoms with Crippen LogP contribution in [0, 0.1) is 0 Å². The van der Waals surface area contributed by atoms with Gasteiger partial charge < -0.3 is 14.8 Å². The number of para-hydroxylation sites is 1. The van der Waals surface area contributed by atoms with Crippen LogP contribution >= 0.6 is 0 Å². The monoisotopic (exact) mass is 217 g/mol. The number of aliphatic carboxylic acids is 1. The molecule has 0 unspecified atom stereocenters. The van der Waals surface area contributed by atoms with E-state index in [9.17, 15) is 4.79 Å². The first-order chi connectivity index (χ1) is 7.77. The van der Waals surface area contributed by atoms with Gasteiger partial charge in [-0.3, -0.25) is 0 Å². The quantitative estimate of drug-likeness (QED) is 0.772. The molecule has 0 spiro atoms. The van der Waals surface area contributed by atoms with Gasteiger partial charge in [-0.1, -0.05) is 18.2 Å². The van der Waals surface area contributed by atoms with Crippen LogP contribution in [-0.4, -0.2) is 17.6 Å². The summed E-state index contributed by atoms with van der Waals surface area (Å²) in [7, 11) is 0. The van der Waals surface area contributed by atoms with Crippen LogP contribution in [0.2, 0.25) is 0 Å². The molecule has 0 bridgehead atoms. The average Bonchev–Trinajstić information content (AvgIpc) is 2.68. The van der Waals surface area contributed by atoms with E-state index in [2.05, 4.69) is 5.32 Å². The van der Waals surface area contributed by atoms with Crippen molar-refractivity contribution in [2.75, 3.05) is 11.9 Å². The maximum atomic E-state index is 10.2. The molecule has 2 rings (SSSR count). The summed E-state index contributed by atoms with van der Waals surface area (Å²) in [6, 6.07) is 7.66. The smallest absolute Gasteiger partial charge is 0.328 e. The fourth-order valence-corrected chi connectivity index (χ4v) is 1.44. The third kappa shape index (κ3) is 2.23. The highest BCUT2D eigenvalue weighted by Gasteiger charge is 2.02. The number of furan rings is 1. The van der Waals surface area contributed by atoms with Crippen molar-refractivity contribution in [3.8, 4) is 0 Å². The van der Waals surface area contributed by atoms with E-state index >= 15 is 0 Å². The molecule has 2 aromatic rings. The summed E-state index contributed by atoms with van der Waals surface area (Å²) in [5.74, 6) is -0.946. The number of carboxylic acids is 1. The summed E-state index contributed by atoms with van der Waals surface area (Å²) in [6.45, 7) is 0.454. The molecular weight excluding hydrogens is 206 g/mol. The lowest BCUT2D eigenvalue weighted by atomic mass is 10.2. The summed E-state index contributed by atoms with van der Waals surface area (Å²) in [5, 5.41) is 12.5. The standard InChI is InChI=1S/C12H11NO3/c14-12(15)6-3-7-13-10-8-16-11-5-2-1-4-9(10)11/h1-6,8,13H,7H2,(H,14,15)/b6-3+. The molecule has 4 heteroatoms. The SMILES string of the molecule is O=C(O)/C=C/CNc1coc2ccccc12. The van der Waals surface area contributed by atoms with Crippen LogP contribution in [0.25, 0.3) is 11.0 Å². The number of nitrogens with one attached hydrogen (secondary N) is 1. The third-order valence-electron chi connectivity index (χ3n) is 2.15. The maximum Gasteiger partial charge on any atom is 0.328 e. The number of carbonyl (C=O) groups is 1. The summed E-state index contributed by atoms with van der Waals surface area (Å²) in [6.07, 6.45) is 4.28. The van der Waals surface area contributed by atoms with Gasteiger partial charge in [0, 0.05) is 18.0 Å². The molecular formula is C12H11NO3. The lowest BCUT2D eigenvalue weighted by Gasteiger charge is -1.98. The van der Waals surface area contributed by atoms with Crippen molar-refractivity contribution in [3.63, 3.8) is 0 Å². The van der Waals surface area contributed by atoms with Crippen LogP contribution in [0.1, 0.15) is 0 Å². The number of rotatable bonds is 4. The van der Waals surface area contributed by atoms with Crippen molar-refractivity contribution in [2.45, 2.75) is 0 Å². The summed E-state index contributed by atoms with van der Waals surface area (Å²) < 4.78 is 5.32. The average molecular weight is 217 g/mol. The molecule has 0 aliphatic rings. The first-order valence-electron chi connectivity index (χ1n) is 4.87. The second kappa shape index (κ2) is 4.53. The number of carboxylic acid groups (broad SMARTS) is 1. The number of hydrogen-bond donors (Lipinski definition) is 2. The van der Waals surface area contributed by atoms with Crippen LogP contribution in [0.5, 0.6) is 0 Å². The molecule has 2 N–H and O–H groups in total. The first-order valence-corrected chi connectivity index (χ1v) is 4.87. The number of fused-ring (bicyclic) bond motifs is 1. The maximum absolute atomic E-state index is 10.2. The van der Waals surface area contributed by atoms with Crippen LogP contribution < -0.4 is 5.32 Å². The molecule has 0 radical (unpaired) electrons. The molecule has 1 aromatic heterocycles. The van der Waals surface area contributed by atoms with Crippen molar-refractivity contribution >= 4 is 22.6 Å². The van der Waals surface area contributed by atoms with Gasteiger partial charge in [0.15, 0.2) is 0 Å². The van der Waals surface area contributed by atoms with Gasteiger partial charge in [0.25, 0.3) is 0 Å². The fourth-order valence-electron chi connectivity index (χ4n) is 1.44. The van der Waals surface area contributed by atoms with E-state index < -0.39 is 5.97 Å². The minimum atomic E-state index is -0.946. The Morgan fingerprint density at radius 3 is 3.06 bits per heavy atom. The highest BCUT2D eigenvalue weighted by molar-refractivity contribution is 5.90. The molecule has 16 heavy (non-hydrogen) atoms. The second-order valence-electron chi connectivity index (χ2n) is 3.27. The van der Waals surface area contributed by atoms with Crippen molar-refractivity contribution in [3.05, 3.63) is 42.7 Å². The number of benzene rings is 1. The highest BCUT2D eigenvalue weighted by atomic mass is 16.4. The minimum Gasteiger partial charge on any atom is -0.478 e. The van der Waals surface area contributed by atoms with Crippen LogP contribution in [0.15, 0.2) is 47.1 Å². The predicted molar refractivity (Wildman–Crippen MR) is 61.5 cm³/mol. The van der Waals surface area contributed by atoms with Gasteiger partial charge in [-0.15, -0.1) is 0 Å². The van der Waals surface area contributed by atoms with E-state index in [1.165, 1.54) is 0 Å². The van der Waals surface area contributed by atoms with Crippen molar-refractivity contribution < 1.29 is 14.3 Å². The molecule has 4 nitrogen and oxygen atoms in total. The molecule has 1 heterocycles. The van der Waals surface area contributed by atoms with Gasteiger partial charge >= 0.3 is 5.97 Å². The van der Waals surface area contributed by atoms with E-state index in [1.807, 2.05) is 24.3 Å². The van der Waals surface area contributed by atoms with Gasteiger partial charge in [0.1, 0.15) is 11.8 Å². The Labute approximate surface area is 92.2 Å². The van der Waals surface area contributed by atoms with Gasteiger partial charge in [0.2, 0.25) is 0 Å². The van der Waals surface area contributed by atoms with Gasteiger partial charge in [-0.25, -0.2) is 4.79 Å². The lowest BCUT2D eigenvalue weighted by Crippen LogP contribution is -1.98. The highest BCUT2D eigenvalue weighted by Crippen LogP contribution is 2.24. The molecule has 0 saturated heterocycles. The Morgan fingerprint density at radius 1 is 1.44 bits per heavy atom. The minimum absolute atomic E-state index is 0.454. The van der Waals surface area contributed by atoms with Gasteiger partial charge in [-0.05, 0) is 12.1 Å². The summed E-state index contributed by atoms with van der Waals surface area (Å²) in [5.41, 5.74) is 1.68. The summed E-state index contributed by atoms with van der Waals surface area (Å²) >= 11 is 0. The topological polar surface area (TPSA) is 62.5 Å². The Kier molecular flexibility index (Phi) is 2.91. The molecule has 0 amide bonds. The zero-order valence-corrected chi connectivity index (χ0v) is 8.51. The molecule has 1 aromatic carbocycles. The first kappa shape index (κ1) is 10.3.